The first kappa shape index (κ1) is 32.7. The Morgan fingerprint density at radius 1 is 1.09 bits per heavy atom. The fourth-order valence-corrected chi connectivity index (χ4v) is 8.67. The molecule has 4 aromatic rings. The van der Waals surface area contributed by atoms with Crippen LogP contribution in [0.3, 0.4) is 0 Å². The number of hydrogen-bond acceptors (Lipinski definition) is 4. The molecule has 0 spiro atoms. The Morgan fingerprint density at radius 2 is 1.77 bits per heavy atom. The molecule has 3 aromatic heterocycles. The largest absolute Gasteiger partial charge is 0.463 e. The Hall–Kier alpha value is -4.18. The molecule has 2 fully saturated rings. The monoisotopic (exact) mass is 654 g/mol. The van der Waals surface area contributed by atoms with E-state index in [2.05, 4.69) is 64.9 Å². The van der Waals surface area contributed by atoms with Crippen molar-refractivity contribution in [3.05, 3.63) is 75.9 Å². The van der Waals surface area contributed by atoms with E-state index < -0.39 is 11.5 Å². The average Bonchev–Trinajstić information content (AvgIpc) is 3.84. The number of thiophene rings is 1. The third-order valence-electron chi connectivity index (χ3n) is 9.81. The highest BCUT2D eigenvalue weighted by atomic mass is 32.1. The van der Waals surface area contributed by atoms with E-state index in [4.69, 9.17) is 0 Å². The van der Waals surface area contributed by atoms with Crippen LogP contribution < -0.4 is 0 Å². The lowest BCUT2D eigenvalue weighted by Crippen LogP contribution is -2.43. The van der Waals surface area contributed by atoms with Crippen LogP contribution in [-0.2, 0) is 10.2 Å². The van der Waals surface area contributed by atoms with Crippen molar-refractivity contribution in [2.45, 2.75) is 71.1 Å². The zero-order chi connectivity index (χ0) is 33.5. The molecular formula is C37H46N6O3S. The molecule has 2 atom stereocenters. The summed E-state index contributed by atoms with van der Waals surface area (Å²) in [5.74, 6) is 0.970. The SMILES string of the molecule is Cc1cc(C)cc(-c2[nH]c3sc(C(C)(C)C(=O)N4CCCC4)cc3c2[C@@H](C)CN(C)C(=NC(=O)O)N2CCC(c3ccncc3)C2)c1. The van der Waals surface area contributed by atoms with Crippen molar-refractivity contribution in [1.29, 1.82) is 0 Å². The summed E-state index contributed by atoms with van der Waals surface area (Å²) in [5.41, 5.74) is 6.35. The zero-order valence-electron chi connectivity index (χ0n) is 28.3. The van der Waals surface area contributed by atoms with Gasteiger partial charge >= 0.3 is 6.09 Å². The molecule has 10 heteroatoms. The molecule has 0 radical (unpaired) electrons. The third-order valence-corrected chi connectivity index (χ3v) is 11.2. The van der Waals surface area contributed by atoms with Gasteiger partial charge in [0.25, 0.3) is 0 Å². The second kappa shape index (κ2) is 13.1. The van der Waals surface area contributed by atoms with Gasteiger partial charge in [0, 0.05) is 74.3 Å². The van der Waals surface area contributed by atoms with Crippen molar-refractivity contribution in [2.24, 2.45) is 4.99 Å². The molecule has 0 saturated carbocycles. The van der Waals surface area contributed by atoms with Crippen molar-refractivity contribution >= 4 is 39.5 Å². The van der Waals surface area contributed by atoms with Gasteiger partial charge in [0.15, 0.2) is 0 Å². The predicted molar refractivity (Wildman–Crippen MR) is 190 cm³/mol. The molecule has 9 nitrogen and oxygen atoms in total. The van der Waals surface area contributed by atoms with Crippen LogP contribution in [0.4, 0.5) is 4.79 Å². The summed E-state index contributed by atoms with van der Waals surface area (Å²) in [7, 11) is 1.94. The van der Waals surface area contributed by atoms with E-state index in [-0.39, 0.29) is 11.8 Å². The van der Waals surface area contributed by atoms with Gasteiger partial charge in [0.2, 0.25) is 11.9 Å². The number of carbonyl (C=O) groups is 2. The first-order chi connectivity index (χ1) is 22.4. The highest BCUT2D eigenvalue weighted by Gasteiger charge is 2.37. The van der Waals surface area contributed by atoms with Crippen molar-refractivity contribution in [2.75, 3.05) is 39.8 Å². The Balaban J connectivity index is 1.34. The lowest BCUT2D eigenvalue weighted by Gasteiger charge is -2.31. The van der Waals surface area contributed by atoms with Crippen molar-refractivity contribution in [3.8, 4) is 11.3 Å². The van der Waals surface area contributed by atoms with Gasteiger partial charge in [-0.25, -0.2) is 4.79 Å². The number of aryl methyl sites for hydroxylation is 2. The van der Waals surface area contributed by atoms with Crippen molar-refractivity contribution in [3.63, 3.8) is 0 Å². The fourth-order valence-electron chi connectivity index (χ4n) is 7.50. The number of carboxylic acid groups (broad SMARTS) is 1. The van der Waals surface area contributed by atoms with Crippen molar-refractivity contribution < 1.29 is 14.7 Å². The van der Waals surface area contributed by atoms with Crippen molar-refractivity contribution in [1.82, 2.24) is 24.7 Å². The molecule has 2 amide bonds. The summed E-state index contributed by atoms with van der Waals surface area (Å²) in [5, 5.41) is 10.9. The Bertz CT molecular complexity index is 1780. The van der Waals surface area contributed by atoms with Gasteiger partial charge in [0.05, 0.1) is 11.1 Å². The van der Waals surface area contributed by atoms with Gasteiger partial charge in [0.1, 0.15) is 4.83 Å². The minimum Gasteiger partial charge on any atom is -0.463 e. The van der Waals surface area contributed by atoms with E-state index >= 15 is 0 Å². The highest BCUT2D eigenvalue weighted by Crippen LogP contribution is 2.43. The van der Waals surface area contributed by atoms with E-state index in [9.17, 15) is 14.7 Å². The Labute approximate surface area is 281 Å². The lowest BCUT2D eigenvalue weighted by molar-refractivity contribution is -0.135. The number of aromatic amines is 1. The number of nitrogens with one attached hydrogen (secondary N) is 1. The van der Waals surface area contributed by atoms with E-state index in [0.29, 0.717) is 25.0 Å². The molecule has 2 N–H and O–H groups in total. The van der Waals surface area contributed by atoms with Gasteiger partial charge in [-0.05, 0) is 94.0 Å². The summed E-state index contributed by atoms with van der Waals surface area (Å²) in [6.45, 7) is 14.2. The average molecular weight is 655 g/mol. The smallest absolute Gasteiger partial charge is 0.434 e. The van der Waals surface area contributed by atoms with Crippen LogP contribution >= 0.6 is 11.3 Å². The van der Waals surface area contributed by atoms with Gasteiger partial charge in [-0.15, -0.1) is 16.3 Å². The quantitative estimate of drug-likeness (QED) is 0.159. The first-order valence-corrected chi connectivity index (χ1v) is 17.5. The lowest BCUT2D eigenvalue weighted by atomic mass is 9.88. The number of hydrogen-bond donors (Lipinski definition) is 2. The third kappa shape index (κ3) is 6.66. The Morgan fingerprint density at radius 3 is 2.43 bits per heavy atom. The van der Waals surface area contributed by atoms with Crippen LogP contribution in [0.5, 0.6) is 0 Å². The van der Waals surface area contributed by atoms with Gasteiger partial charge < -0.3 is 24.8 Å². The molecule has 2 aliphatic heterocycles. The summed E-state index contributed by atoms with van der Waals surface area (Å²) in [4.78, 5) is 45.9. The normalized spacial score (nSPS) is 17.9. The molecule has 2 aliphatic rings. The number of carbonyl (C=O) groups excluding carboxylic acids is 1. The number of benzene rings is 1. The predicted octanol–water partition coefficient (Wildman–Crippen LogP) is 7.37. The number of fused-ring (bicyclic) bond motifs is 1. The highest BCUT2D eigenvalue weighted by molar-refractivity contribution is 7.19. The van der Waals surface area contributed by atoms with Gasteiger partial charge in [-0.3, -0.25) is 9.78 Å². The molecule has 248 valence electrons. The minimum atomic E-state index is -1.20. The molecule has 0 bridgehead atoms. The van der Waals surface area contributed by atoms with E-state index in [1.54, 1.807) is 11.3 Å². The number of aliphatic imine (C=N–C) groups is 1. The summed E-state index contributed by atoms with van der Waals surface area (Å²) in [6, 6.07) is 12.9. The number of rotatable bonds is 7. The topological polar surface area (TPSA) is 105 Å². The van der Waals surface area contributed by atoms with Crippen LogP contribution in [0.2, 0.25) is 0 Å². The summed E-state index contributed by atoms with van der Waals surface area (Å²) < 4.78 is 0. The van der Waals surface area contributed by atoms with E-state index in [0.717, 1.165) is 65.2 Å². The van der Waals surface area contributed by atoms with Gasteiger partial charge in [-0.1, -0.05) is 24.1 Å². The maximum absolute atomic E-state index is 13.6. The van der Waals surface area contributed by atoms with E-state index in [1.165, 1.54) is 22.3 Å². The molecule has 0 aliphatic carbocycles. The summed E-state index contributed by atoms with van der Waals surface area (Å²) in [6.07, 6.45) is 5.47. The van der Waals surface area contributed by atoms with Crippen LogP contribution in [0.15, 0.2) is 53.8 Å². The zero-order valence-corrected chi connectivity index (χ0v) is 29.2. The maximum atomic E-state index is 13.6. The molecule has 5 heterocycles. The number of likely N-dealkylation sites (N-methyl/N-ethyl adjacent to an activating group) is 1. The number of pyridine rings is 1. The number of aromatic nitrogens is 2. The minimum absolute atomic E-state index is 0.0157. The van der Waals surface area contributed by atoms with Gasteiger partial charge in [-0.2, -0.15) is 0 Å². The number of H-pyrrole nitrogens is 1. The first-order valence-electron chi connectivity index (χ1n) is 16.6. The summed E-state index contributed by atoms with van der Waals surface area (Å²) >= 11 is 1.67. The fraction of sp³-hybridized carbons (Fsp3) is 0.459. The number of amides is 2. The Kier molecular flexibility index (Phi) is 9.16. The van der Waals surface area contributed by atoms with E-state index in [1.807, 2.05) is 55.2 Å². The number of likely N-dealkylation sites (tertiary alicyclic amines) is 2. The number of guanidine groups is 1. The molecule has 6 rings (SSSR count). The van der Waals surface area contributed by atoms with Crippen LogP contribution in [0.25, 0.3) is 21.5 Å². The van der Waals surface area contributed by atoms with Crippen LogP contribution in [0, 0.1) is 13.8 Å². The standard InChI is InChI=1S/C37H46N6O3S/c1-23-17-24(2)19-28(18-23)32-31(29-20-30(47-33(29)39-32)37(4,5)34(44)42-14-7-8-15-42)25(3)21-41(6)35(40-36(45)46)43-16-11-27(22-43)26-9-12-38-13-10-26/h9-10,12-13,17-20,25,27,39H,7-8,11,14-16,21-22H2,1-6H3,(H,45,46)/t25-,27?/m0/s1. The second-order valence-corrected chi connectivity index (χ2v) is 15.0. The molecule has 1 unspecified atom stereocenters. The molecular weight excluding hydrogens is 609 g/mol. The maximum Gasteiger partial charge on any atom is 0.434 e. The molecule has 47 heavy (non-hydrogen) atoms. The molecule has 1 aromatic carbocycles. The second-order valence-electron chi connectivity index (χ2n) is 14.0. The van der Waals surface area contributed by atoms with Crippen LogP contribution in [-0.4, -0.2) is 87.5 Å². The molecule has 2 saturated heterocycles. The van der Waals surface area contributed by atoms with Crippen LogP contribution in [0.1, 0.15) is 79.0 Å². The number of nitrogens with zero attached hydrogens (tertiary/aromatic N) is 5.